The van der Waals surface area contributed by atoms with Crippen LogP contribution in [-0.2, 0) is 6.61 Å². The number of carbonyl (C=O) groups is 1. The highest BCUT2D eigenvalue weighted by Crippen LogP contribution is 2.21. The molecule has 3 aromatic rings. The van der Waals surface area contributed by atoms with Gasteiger partial charge in [-0.05, 0) is 60.0 Å². The molecule has 3 rings (SSSR count). The molecule has 0 aliphatic carbocycles. The molecule has 0 N–H and O–H groups in total. The lowest BCUT2D eigenvalue weighted by atomic mass is 10.0. The molecule has 0 amide bonds. The van der Waals surface area contributed by atoms with Crippen LogP contribution in [0.25, 0.3) is 6.08 Å². The second-order valence-electron chi connectivity index (χ2n) is 6.71. The third-order valence-electron chi connectivity index (χ3n) is 4.38. The molecule has 0 bridgehead atoms. The molecular weight excluding hydrogens is 352 g/mol. The molecule has 0 spiro atoms. The highest BCUT2D eigenvalue weighted by Gasteiger charge is 2.09. The monoisotopic (exact) mass is 376 g/mol. The van der Waals surface area contributed by atoms with Gasteiger partial charge in [0.05, 0.1) is 12.7 Å². The van der Waals surface area contributed by atoms with E-state index in [1.165, 1.54) is 11.6 Å². The molecule has 0 aliphatic rings. The van der Waals surface area contributed by atoms with Crippen molar-refractivity contribution in [1.82, 2.24) is 0 Å². The molecule has 0 atom stereocenters. The number of para-hydroxylation sites is 1. The van der Waals surface area contributed by atoms with Gasteiger partial charge in [0.15, 0.2) is 5.78 Å². The number of hydrogen-bond acceptors (Lipinski definition) is 4. The van der Waals surface area contributed by atoms with Gasteiger partial charge >= 0.3 is 0 Å². The first-order chi connectivity index (χ1) is 13.6. The zero-order valence-corrected chi connectivity index (χ0v) is 16.3. The molecule has 2 aromatic carbocycles. The Bertz CT molecular complexity index is 949. The first-order valence-corrected chi connectivity index (χ1v) is 9.23. The van der Waals surface area contributed by atoms with E-state index < -0.39 is 0 Å². The van der Waals surface area contributed by atoms with E-state index in [4.69, 9.17) is 13.9 Å². The quantitative estimate of drug-likeness (QED) is 0.363. The lowest BCUT2D eigenvalue weighted by Crippen LogP contribution is -1.98. The Morgan fingerprint density at radius 1 is 1.04 bits per heavy atom. The third kappa shape index (κ3) is 4.92. The fourth-order valence-corrected chi connectivity index (χ4v) is 2.76. The predicted molar refractivity (Wildman–Crippen MR) is 110 cm³/mol. The van der Waals surface area contributed by atoms with E-state index in [1.807, 2.05) is 30.3 Å². The summed E-state index contributed by atoms with van der Waals surface area (Å²) in [5.74, 6) is 2.98. The summed E-state index contributed by atoms with van der Waals surface area (Å²) in [7, 11) is 1.55. The second kappa shape index (κ2) is 9.09. The standard InChI is InChI=1S/C24H24O4/c1-17(2)18-8-10-19(11-9-18)27-16-21-13-12-20(28-21)14-15-23(25)22-6-4-5-7-24(22)26-3/h4-15,17H,16H2,1-3H3/b15-14+. The summed E-state index contributed by atoms with van der Waals surface area (Å²) < 4.78 is 16.7. The molecule has 0 saturated carbocycles. The Morgan fingerprint density at radius 3 is 2.50 bits per heavy atom. The lowest BCUT2D eigenvalue weighted by Gasteiger charge is -2.07. The third-order valence-corrected chi connectivity index (χ3v) is 4.38. The highest BCUT2D eigenvalue weighted by molar-refractivity contribution is 6.08. The highest BCUT2D eigenvalue weighted by atomic mass is 16.5. The van der Waals surface area contributed by atoms with Crippen LogP contribution in [0.2, 0.25) is 0 Å². The molecule has 144 valence electrons. The topological polar surface area (TPSA) is 48.7 Å². The van der Waals surface area contributed by atoms with Crippen LogP contribution in [-0.4, -0.2) is 12.9 Å². The fourth-order valence-electron chi connectivity index (χ4n) is 2.76. The summed E-state index contributed by atoms with van der Waals surface area (Å²) in [5, 5.41) is 0. The van der Waals surface area contributed by atoms with Crippen LogP contribution >= 0.6 is 0 Å². The summed E-state index contributed by atoms with van der Waals surface area (Å²) in [5.41, 5.74) is 1.79. The minimum Gasteiger partial charge on any atom is -0.496 e. The SMILES string of the molecule is COc1ccccc1C(=O)/C=C/c1ccc(COc2ccc(C(C)C)cc2)o1. The smallest absolute Gasteiger partial charge is 0.189 e. The Hall–Kier alpha value is -3.27. The average Bonchev–Trinajstić information content (AvgIpc) is 3.18. The summed E-state index contributed by atoms with van der Waals surface area (Å²) in [4.78, 5) is 12.4. The maximum atomic E-state index is 12.4. The number of methoxy groups -OCH3 is 1. The van der Waals surface area contributed by atoms with E-state index >= 15 is 0 Å². The van der Waals surface area contributed by atoms with Crippen molar-refractivity contribution in [3.8, 4) is 11.5 Å². The first kappa shape index (κ1) is 19.5. The number of hydrogen-bond donors (Lipinski definition) is 0. The zero-order valence-electron chi connectivity index (χ0n) is 16.3. The van der Waals surface area contributed by atoms with E-state index in [0.29, 0.717) is 35.4 Å². The Morgan fingerprint density at radius 2 is 1.79 bits per heavy atom. The van der Waals surface area contributed by atoms with Gasteiger partial charge in [-0.1, -0.05) is 38.1 Å². The van der Waals surface area contributed by atoms with Crippen LogP contribution in [0, 0.1) is 0 Å². The average molecular weight is 376 g/mol. The number of ether oxygens (including phenoxy) is 2. The van der Waals surface area contributed by atoms with Crippen molar-refractivity contribution in [2.45, 2.75) is 26.4 Å². The lowest BCUT2D eigenvalue weighted by molar-refractivity contribution is 0.104. The molecule has 0 unspecified atom stereocenters. The van der Waals surface area contributed by atoms with E-state index in [-0.39, 0.29) is 5.78 Å². The van der Waals surface area contributed by atoms with Crippen LogP contribution in [0.4, 0.5) is 0 Å². The molecule has 1 aromatic heterocycles. The number of carbonyl (C=O) groups excluding carboxylic acids is 1. The fraction of sp³-hybridized carbons (Fsp3) is 0.208. The Kier molecular flexibility index (Phi) is 6.33. The number of ketones is 1. The molecule has 0 radical (unpaired) electrons. The predicted octanol–water partition coefficient (Wildman–Crippen LogP) is 5.89. The number of allylic oxidation sites excluding steroid dienone is 1. The second-order valence-corrected chi connectivity index (χ2v) is 6.71. The summed E-state index contributed by atoms with van der Waals surface area (Å²) in [6, 6.07) is 18.8. The van der Waals surface area contributed by atoms with Crippen LogP contribution in [0.3, 0.4) is 0 Å². The van der Waals surface area contributed by atoms with Crippen molar-refractivity contribution in [2.24, 2.45) is 0 Å². The van der Waals surface area contributed by atoms with E-state index in [9.17, 15) is 4.79 Å². The van der Waals surface area contributed by atoms with Gasteiger partial charge in [-0.3, -0.25) is 4.79 Å². The molecule has 4 nitrogen and oxygen atoms in total. The van der Waals surface area contributed by atoms with Crippen LogP contribution in [0.15, 0.2) is 71.2 Å². The summed E-state index contributed by atoms with van der Waals surface area (Å²) >= 11 is 0. The van der Waals surface area contributed by atoms with Gasteiger partial charge in [0, 0.05) is 0 Å². The summed E-state index contributed by atoms with van der Waals surface area (Å²) in [6.07, 6.45) is 3.13. The minimum atomic E-state index is -0.142. The number of furan rings is 1. The maximum Gasteiger partial charge on any atom is 0.189 e. The Labute approximate surface area is 165 Å². The van der Waals surface area contributed by atoms with Gasteiger partial charge in [-0.15, -0.1) is 0 Å². The van der Waals surface area contributed by atoms with Gasteiger partial charge in [0.1, 0.15) is 29.6 Å². The van der Waals surface area contributed by atoms with Crippen molar-refractivity contribution < 1.29 is 18.7 Å². The van der Waals surface area contributed by atoms with Gasteiger partial charge in [0.2, 0.25) is 0 Å². The van der Waals surface area contributed by atoms with Gasteiger partial charge in [-0.25, -0.2) is 0 Å². The van der Waals surface area contributed by atoms with E-state index in [1.54, 1.807) is 31.4 Å². The van der Waals surface area contributed by atoms with Crippen molar-refractivity contribution in [2.75, 3.05) is 7.11 Å². The van der Waals surface area contributed by atoms with E-state index in [0.717, 1.165) is 5.75 Å². The largest absolute Gasteiger partial charge is 0.496 e. The van der Waals surface area contributed by atoms with Crippen molar-refractivity contribution in [1.29, 1.82) is 0 Å². The normalized spacial score (nSPS) is 11.1. The molecule has 1 heterocycles. The number of rotatable bonds is 8. The minimum absolute atomic E-state index is 0.142. The zero-order chi connectivity index (χ0) is 19.9. The van der Waals surface area contributed by atoms with Gasteiger partial charge < -0.3 is 13.9 Å². The summed E-state index contributed by atoms with van der Waals surface area (Å²) in [6.45, 7) is 4.65. The van der Waals surface area contributed by atoms with E-state index in [2.05, 4.69) is 26.0 Å². The molecule has 0 saturated heterocycles. The van der Waals surface area contributed by atoms with Crippen LogP contribution in [0.5, 0.6) is 11.5 Å². The van der Waals surface area contributed by atoms with Crippen LogP contribution < -0.4 is 9.47 Å². The Balaban J connectivity index is 1.59. The molecule has 4 heteroatoms. The van der Waals surface area contributed by atoms with Crippen molar-refractivity contribution in [3.05, 3.63) is 89.4 Å². The van der Waals surface area contributed by atoms with Crippen LogP contribution in [0.1, 0.15) is 47.2 Å². The van der Waals surface area contributed by atoms with Gasteiger partial charge in [-0.2, -0.15) is 0 Å². The maximum absolute atomic E-state index is 12.4. The molecule has 28 heavy (non-hydrogen) atoms. The van der Waals surface area contributed by atoms with Gasteiger partial charge in [0.25, 0.3) is 0 Å². The molecule has 0 aliphatic heterocycles. The molecular formula is C24H24O4. The van der Waals surface area contributed by atoms with Crippen molar-refractivity contribution >= 4 is 11.9 Å². The molecule has 0 fully saturated rings. The first-order valence-electron chi connectivity index (χ1n) is 9.23. The van der Waals surface area contributed by atoms with Crippen molar-refractivity contribution in [3.63, 3.8) is 0 Å². The number of benzene rings is 2.